The lowest BCUT2D eigenvalue weighted by atomic mass is 10.1. The zero-order valence-corrected chi connectivity index (χ0v) is 18.6. The first-order valence-corrected chi connectivity index (χ1v) is 11.7. The fraction of sp³-hybridized carbons (Fsp3) is 0.500. The topological polar surface area (TPSA) is 51.5 Å². The highest BCUT2D eigenvalue weighted by Crippen LogP contribution is 2.31. The highest BCUT2D eigenvalue weighted by Gasteiger charge is 2.28. The number of carbonyl (C=O) groups is 1. The number of hydrogen-bond acceptors (Lipinski definition) is 4. The van der Waals surface area contributed by atoms with Crippen molar-refractivity contribution in [2.24, 2.45) is 0 Å². The summed E-state index contributed by atoms with van der Waals surface area (Å²) in [7, 11) is 0. The number of aromatic nitrogens is 1. The summed E-state index contributed by atoms with van der Waals surface area (Å²) in [4.78, 5) is 29.4. The van der Waals surface area contributed by atoms with Crippen molar-refractivity contribution in [2.45, 2.75) is 62.3 Å². The van der Waals surface area contributed by atoms with Gasteiger partial charge in [-0.1, -0.05) is 17.7 Å². The van der Waals surface area contributed by atoms with Crippen LogP contribution in [0.2, 0.25) is 0 Å². The van der Waals surface area contributed by atoms with Crippen LogP contribution in [-0.2, 0) is 11.3 Å². The number of nitrogens with zero attached hydrogens (tertiary/aromatic N) is 2. The Morgan fingerprint density at radius 1 is 1.17 bits per heavy atom. The Kier molecular flexibility index (Phi) is 6.64. The van der Waals surface area contributed by atoms with E-state index >= 15 is 0 Å². The molecule has 2 aromatic rings. The number of rotatable bonds is 5. The molecule has 0 N–H and O–H groups in total. The van der Waals surface area contributed by atoms with Crippen LogP contribution in [0.25, 0.3) is 0 Å². The van der Waals surface area contributed by atoms with Gasteiger partial charge in [0, 0.05) is 36.0 Å². The van der Waals surface area contributed by atoms with Gasteiger partial charge in [-0.25, -0.2) is 0 Å². The lowest BCUT2D eigenvalue weighted by Crippen LogP contribution is -2.43. The van der Waals surface area contributed by atoms with Crippen LogP contribution in [0.15, 0.2) is 46.2 Å². The largest absolute Gasteiger partial charge is 0.376 e. The molecule has 160 valence electrons. The molecule has 2 aliphatic rings. The Morgan fingerprint density at radius 2 is 1.97 bits per heavy atom. The predicted octanol–water partition coefficient (Wildman–Crippen LogP) is 4.04. The number of aryl methyl sites for hydroxylation is 2. The van der Waals surface area contributed by atoms with E-state index in [1.807, 2.05) is 29.7 Å². The first-order valence-electron chi connectivity index (χ1n) is 10.9. The van der Waals surface area contributed by atoms with Gasteiger partial charge in [-0.05, 0) is 63.3 Å². The molecule has 2 saturated heterocycles. The van der Waals surface area contributed by atoms with E-state index in [9.17, 15) is 9.59 Å². The van der Waals surface area contributed by atoms with Gasteiger partial charge >= 0.3 is 0 Å². The third-order valence-electron chi connectivity index (χ3n) is 6.03. The number of piperidine rings is 1. The monoisotopic (exact) mass is 426 g/mol. The summed E-state index contributed by atoms with van der Waals surface area (Å²) in [5.74, 6) is -0.127. The Bertz CT molecular complexity index is 957. The van der Waals surface area contributed by atoms with Crippen LogP contribution < -0.4 is 5.56 Å². The smallest absolute Gasteiger partial charge is 0.263 e. The van der Waals surface area contributed by atoms with E-state index in [1.54, 1.807) is 10.8 Å². The molecule has 30 heavy (non-hydrogen) atoms. The van der Waals surface area contributed by atoms with Crippen LogP contribution in [-0.4, -0.2) is 46.4 Å². The standard InChI is InChI=1S/C24H30N2O3S/c1-17-5-3-7-21(15-17)30-20-9-12-25(13-10-20)23(27)22-18(2)8-11-26(24(22)28)16-19-6-4-14-29-19/h3,5,7-8,11,15,19-20H,4,6,9-10,12-14,16H2,1-2H3. The molecular weight excluding hydrogens is 396 g/mol. The summed E-state index contributed by atoms with van der Waals surface area (Å²) in [6.07, 6.45) is 5.76. The molecule has 0 bridgehead atoms. The van der Waals surface area contributed by atoms with Crippen LogP contribution in [0, 0.1) is 13.8 Å². The highest BCUT2D eigenvalue weighted by molar-refractivity contribution is 8.00. The zero-order chi connectivity index (χ0) is 21.1. The lowest BCUT2D eigenvalue weighted by molar-refractivity contribution is 0.0721. The van der Waals surface area contributed by atoms with Gasteiger partial charge in [0.15, 0.2) is 0 Å². The van der Waals surface area contributed by atoms with Crippen molar-refractivity contribution in [1.29, 1.82) is 0 Å². The molecule has 1 aromatic carbocycles. The van der Waals surface area contributed by atoms with E-state index in [0.29, 0.717) is 30.4 Å². The molecule has 1 amide bonds. The van der Waals surface area contributed by atoms with Gasteiger partial charge in [-0.3, -0.25) is 9.59 Å². The predicted molar refractivity (Wildman–Crippen MR) is 120 cm³/mol. The second-order valence-electron chi connectivity index (χ2n) is 8.39. The Labute approximate surface area is 182 Å². The summed E-state index contributed by atoms with van der Waals surface area (Å²) < 4.78 is 7.32. The van der Waals surface area contributed by atoms with Gasteiger partial charge in [-0.2, -0.15) is 0 Å². The van der Waals surface area contributed by atoms with Gasteiger partial charge in [0.2, 0.25) is 0 Å². The number of pyridine rings is 1. The maximum absolute atomic E-state index is 13.2. The van der Waals surface area contributed by atoms with E-state index in [-0.39, 0.29) is 17.6 Å². The first-order chi connectivity index (χ1) is 14.5. The van der Waals surface area contributed by atoms with E-state index in [1.165, 1.54) is 10.5 Å². The molecule has 2 aliphatic heterocycles. The number of carbonyl (C=O) groups excluding carboxylic acids is 1. The molecule has 3 heterocycles. The normalized spacial score (nSPS) is 19.9. The van der Waals surface area contributed by atoms with Crippen molar-refractivity contribution in [3.05, 3.63) is 63.6 Å². The van der Waals surface area contributed by atoms with Gasteiger partial charge in [-0.15, -0.1) is 11.8 Å². The summed E-state index contributed by atoms with van der Waals surface area (Å²) in [5.41, 5.74) is 2.16. The van der Waals surface area contributed by atoms with Crippen LogP contribution >= 0.6 is 11.8 Å². The number of amides is 1. The molecule has 1 unspecified atom stereocenters. The SMILES string of the molecule is Cc1cccc(SC2CCN(C(=O)c3c(C)ccn(CC4CCCO4)c3=O)CC2)c1. The van der Waals surface area contributed by atoms with Crippen LogP contribution in [0.1, 0.15) is 47.2 Å². The summed E-state index contributed by atoms with van der Waals surface area (Å²) >= 11 is 1.90. The van der Waals surface area contributed by atoms with Gasteiger partial charge < -0.3 is 14.2 Å². The lowest BCUT2D eigenvalue weighted by Gasteiger charge is -2.32. The van der Waals surface area contributed by atoms with Gasteiger partial charge in [0.25, 0.3) is 11.5 Å². The summed E-state index contributed by atoms with van der Waals surface area (Å²) in [5, 5.41) is 0.504. The average Bonchev–Trinajstić information content (AvgIpc) is 3.24. The minimum Gasteiger partial charge on any atom is -0.376 e. The first kappa shape index (κ1) is 21.2. The van der Waals surface area contributed by atoms with E-state index in [0.717, 1.165) is 37.9 Å². The Hall–Kier alpha value is -2.05. The van der Waals surface area contributed by atoms with Crippen molar-refractivity contribution in [1.82, 2.24) is 9.47 Å². The summed E-state index contributed by atoms with van der Waals surface area (Å²) in [6.45, 7) is 6.63. The Morgan fingerprint density at radius 3 is 2.67 bits per heavy atom. The Balaban J connectivity index is 1.41. The molecule has 2 fully saturated rings. The quantitative estimate of drug-likeness (QED) is 0.724. The van der Waals surface area contributed by atoms with Crippen molar-refractivity contribution in [2.75, 3.05) is 19.7 Å². The van der Waals surface area contributed by atoms with Crippen molar-refractivity contribution in [3.8, 4) is 0 Å². The average molecular weight is 427 g/mol. The summed E-state index contributed by atoms with van der Waals surface area (Å²) in [6, 6.07) is 10.4. The number of hydrogen-bond donors (Lipinski definition) is 0. The fourth-order valence-electron chi connectivity index (χ4n) is 4.29. The zero-order valence-electron chi connectivity index (χ0n) is 17.8. The molecule has 4 rings (SSSR count). The third-order valence-corrected chi connectivity index (χ3v) is 7.36. The van der Waals surface area contributed by atoms with Crippen LogP contribution in [0.5, 0.6) is 0 Å². The van der Waals surface area contributed by atoms with Crippen molar-refractivity contribution < 1.29 is 9.53 Å². The minimum absolute atomic E-state index is 0.0720. The molecule has 5 nitrogen and oxygen atoms in total. The molecule has 0 spiro atoms. The van der Waals surface area contributed by atoms with E-state index < -0.39 is 0 Å². The molecule has 1 aromatic heterocycles. The maximum atomic E-state index is 13.2. The molecule has 1 atom stereocenters. The second kappa shape index (κ2) is 9.40. The molecule has 0 aliphatic carbocycles. The van der Waals surface area contributed by atoms with Gasteiger partial charge in [0.05, 0.1) is 12.6 Å². The molecule has 6 heteroatoms. The van der Waals surface area contributed by atoms with Crippen LogP contribution in [0.3, 0.4) is 0 Å². The fourth-order valence-corrected chi connectivity index (χ4v) is 5.54. The number of thioether (sulfide) groups is 1. The number of ether oxygens (including phenoxy) is 1. The van der Waals surface area contributed by atoms with E-state index in [4.69, 9.17) is 4.74 Å². The van der Waals surface area contributed by atoms with Crippen molar-refractivity contribution in [3.63, 3.8) is 0 Å². The van der Waals surface area contributed by atoms with Crippen LogP contribution in [0.4, 0.5) is 0 Å². The maximum Gasteiger partial charge on any atom is 0.263 e. The highest BCUT2D eigenvalue weighted by atomic mass is 32.2. The molecule has 0 saturated carbocycles. The van der Waals surface area contributed by atoms with Gasteiger partial charge in [0.1, 0.15) is 5.56 Å². The number of benzene rings is 1. The van der Waals surface area contributed by atoms with Crippen molar-refractivity contribution >= 4 is 17.7 Å². The van der Waals surface area contributed by atoms with E-state index in [2.05, 4.69) is 31.2 Å². The number of likely N-dealkylation sites (tertiary alicyclic amines) is 1. The molecular formula is C24H30N2O3S. The minimum atomic E-state index is -0.188. The third kappa shape index (κ3) is 4.81. The second-order valence-corrected chi connectivity index (χ2v) is 9.77. The molecule has 0 radical (unpaired) electrons.